The molecular formula is C16H25NO3. The summed E-state index contributed by atoms with van der Waals surface area (Å²) in [4.78, 5) is 14.8. The van der Waals surface area contributed by atoms with Crippen LogP contribution in [0.3, 0.4) is 0 Å². The van der Waals surface area contributed by atoms with Crippen molar-refractivity contribution in [1.29, 1.82) is 0 Å². The van der Waals surface area contributed by atoms with Gasteiger partial charge in [0.25, 0.3) is 0 Å². The fraction of sp³-hybridized carbons (Fsp3) is 0.812. The molecule has 3 atom stereocenters. The van der Waals surface area contributed by atoms with Crippen LogP contribution in [0, 0.1) is 0 Å². The van der Waals surface area contributed by atoms with Gasteiger partial charge in [-0.2, -0.15) is 0 Å². The summed E-state index contributed by atoms with van der Waals surface area (Å²) in [6, 6.07) is 0.206. The van der Waals surface area contributed by atoms with Gasteiger partial charge >= 0.3 is 0 Å². The Morgan fingerprint density at radius 2 is 2.35 bits per heavy atom. The van der Waals surface area contributed by atoms with E-state index in [4.69, 9.17) is 9.47 Å². The molecule has 0 radical (unpaired) electrons. The zero-order chi connectivity index (χ0) is 13.9. The maximum Gasteiger partial charge on any atom is 0.249 e. The van der Waals surface area contributed by atoms with Crippen LogP contribution in [-0.2, 0) is 14.3 Å². The normalized spacial score (nSPS) is 33.8. The van der Waals surface area contributed by atoms with Crippen LogP contribution < -0.4 is 0 Å². The minimum atomic E-state index is 0.0654. The standard InChI is InChI=1S/C16H25NO3/c1-2-19-15-13-8-9-14(15)20-11-10-17(13)16(18)12-6-4-3-5-7-12/h6,13-15H,2-5,7-11H2,1H3/t13-,14-,15+/m1/s1. The molecule has 2 fully saturated rings. The third-order valence-corrected chi connectivity index (χ3v) is 4.74. The second-order valence-corrected chi connectivity index (χ2v) is 5.95. The molecule has 4 heteroatoms. The quantitative estimate of drug-likeness (QED) is 0.795. The van der Waals surface area contributed by atoms with Crippen molar-refractivity contribution in [2.45, 2.75) is 63.7 Å². The van der Waals surface area contributed by atoms with Gasteiger partial charge in [-0.05, 0) is 45.4 Å². The highest BCUT2D eigenvalue weighted by atomic mass is 16.5. The maximum absolute atomic E-state index is 12.8. The van der Waals surface area contributed by atoms with E-state index in [0.29, 0.717) is 19.8 Å². The average molecular weight is 279 g/mol. The maximum atomic E-state index is 12.8. The second kappa shape index (κ2) is 6.27. The van der Waals surface area contributed by atoms with Gasteiger partial charge in [-0.25, -0.2) is 0 Å². The molecule has 2 aliphatic carbocycles. The van der Waals surface area contributed by atoms with Crippen molar-refractivity contribution in [3.8, 4) is 0 Å². The van der Waals surface area contributed by atoms with Crippen LogP contribution in [0.4, 0.5) is 0 Å². The van der Waals surface area contributed by atoms with Crippen LogP contribution in [0.5, 0.6) is 0 Å². The lowest BCUT2D eigenvalue weighted by molar-refractivity contribution is -0.131. The minimum absolute atomic E-state index is 0.0654. The van der Waals surface area contributed by atoms with Crippen molar-refractivity contribution in [3.63, 3.8) is 0 Å². The molecule has 1 saturated carbocycles. The zero-order valence-electron chi connectivity index (χ0n) is 12.3. The van der Waals surface area contributed by atoms with Crippen LogP contribution in [0.1, 0.15) is 45.4 Å². The Balaban J connectivity index is 1.77. The van der Waals surface area contributed by atoms with Crippen LogP contribution in [0.15, 0.2) is 11.6 Å². The van der Waals surface area contributed by atoms with Crippen molar-refractivity contribution in [2.24, 2.45) is 0 Å². The van der Waals surface area contributed by atoms with E-state index in [0.717, 1.165) is 37.7 Å². The topological polar surface area (TPSA) is 38.8 Å². The summed E-state index contributed by atoms with van der Waals surface area (Å²) in [5.41, 5.74) is 1.01. The molecule has 0 aromatic rings. The molecule has 20 heavy (non-hydrogen) atoms. The van der Waals surface area contributed by atoms with Crippen LogP contribution in [0.25, 0.3) is 0 Å². The highest BCUT2D eigenvalue weighted by molar-refractivity contribution is 5.93. The molecule has 1 amide bonds. The van der Waals surface area contributed by atoms with Gasteiger partial charge in [-0.1, -0.05) is 6.08 Å². The van der Waals surface area contributed by atoms with Crippen molar-refractivity contribution in [2.75, 3.05) is 19.8 Å². The number of hydrogen-bond donors (Lipinski definition) is 0. The number of hydrogen-bond acceptors (Lipinski definition) is 3. The summed E-state index contributed by atoms with van der Waals surface area (Å²) in [6.45, 7) is 4.05. The average Bonchev–Trinajstić information content (AvgIpc) is 2.76. The molecule has 1 heterocycles. The number of ether oxygens (including phenoxy) is 2. The lowest BCUT2D eigenvalue weighted by Gasteiger charge is -2.32. The molecule has 112 valence electrons. The van der Waals surface area contributed by atoms with Gasteiger partial charge in [-0.15, -0.1) is 0 Å². The molecule has 1 aliphatic heterocycles. The van der Waals surface area contributed by atoms with Crippen molar-refractivity contribution >= 4 is 5.91 Å². The molecule has 1 saturated heterocycles. The third kappa shape index (κ3) is 2.63. The Bertz CT molecular complexity index is 393. The summed E-state index contributed by atoms with van der Waals surface area (Å²) < 4.78 is 11.8. The zero-order valence-corrected chi connectivity index (χ0v) is 12.3. The minimum Gasteiger partial charge on any atom is -0.374 e. The van der Waals surface area contributed by atoms with Crippen LogP contribution in [-0.4, -0.2) is 48.8 Å². The highest BCUT2D eigenvalue weighted by Gasteiger charge is 2.44. The Labute approximate surface area is 121 Å². The number of rotatable bonds is 3. The summed E-state index contributed by atoms with van der Waals surface area (Å²) >= 11 is 0. The van der Waals surface area contributed by atoms with Gasteiger partial charge in [0.05, 0.1) is 18.8 Å². The fourth-order valence-corrected chi connectivity index (χ4v) is 3.77. The molecule has 3 aliphatic rings. The Kier molecular flexibility index (Phi) is 4.41. The van der Waals surface area contributed by atoms with Gasteiger partial charge in [0, 0.05) is 18.7 Å². The number of amides is 1. The van der Waals surface area contributed by atoms with Crippen LogP contribution >= 0.6 is 0 Å². The first-order valence-electron chi connectivity index (χ1n) is 8.04. The largest absolute Gasteiger partial charge is 0.374 e. The van der Waals surface area contributed by atoms with Gasteiger partial charge in [0.1, 0.15) is 6.10 Å². The molecule has 0 aromatic carbocycles. The summed E-state index contributed by atoms with van der Waals surface area (Å²) in [5, 5.41) is 0. The van der Waals surface area contributed by atoms with Crippen molar-refractivity contribution < 1.29 is 14.3 Å². The summed E-state index contributed by atoms with van der Waals surface area (Å²) in [6.07, 6.45) is 8.75. The van der Waals surface area contributed by atoms with E-state index < -0.39 is 0 Å². The van der Waals surface area contributed by atoms with Crippen molar-refractivity contribution in [1.82, 2.24) is 4.90 Å². The predicted molar refractivity (Wildman–Crippen MR) is 76.4 cm³/mol. The smallest absolute Gasteiger partial charge is 0.249 e. The monoisotopic (exact) mass is 279 g/mol. The van der Waals surface area contributed by atoms with E-state index in [1.807, 2.05) is 11.8 Å². The molecule has 3 rings (SSSR count). The van der Waals surface area contributed by atoms with E-state index >= 15 is 0 Å². The molecule has 0 N–H and O–H groups in total. The highest BCUT2D eigenvalue weighted by Crippen LogP contribution is 2.33. The molecule has 2 bridgehead atoms. The molecular weight excluding hydrogens is 254 g/mol. The third-order valence-electron chi connectivity index (χ3n) is 4.74. The van der Waals surface area contributed by atoms with E-state index in [2.05, 4.69) is 6.08 Å². The van der Waals surface area contributed by atoms with Gasteiger partial charge in [-0.3, -0.25) is 4.79 Å². The SMILES string of the molecule is CCO[C@H]1[C@H]2CC[C@H]1OCCN2C(=O)C1=CCCCC1. The predicted octanol–water partition coefficient (Wildman–Crippen LogP) is 2.28. The van der Waals surface area contributed by atoms with E-state index in [-0.39, 0.29) is 24.2 Å². The van der Waals surface area contributed by atoms with Crippen LogP contribution in [0.2, 0.25) is 0 Å². The first-order chi connectivity index (χ1) is 9.81. The van der Waals surface area contributed by atoms with Crippen molar-refractivity contribution in [3.05, 3.63) is 11.6 Å². The molecule has 0 spiro atoms. The Hall–Kier alpha value is -0.870. The molecule has 4 nitrogen and oxygen atoms in total. The first kappa shape index (κ1) is 14.1. The van der Waals surface area contributed by atoms with E-state index in [1.165, 1.54) is 6.42 Å². The summed E-state index contributed by atoms with van der Waals surface area (Å²) in [7, 11) is 0. The summed E-state index contributed by atoms with van der Waals surface area (Å²) in [5.74, 6) is 0.227. The molecule has 0 unspecified atom stereocenters. The van der Waals surface area contributed by atoms with E-state index in [1.54, 1.807) is 0 Å². The number of carbonyl (C=O) groups excluding carboxylic acids is 1. The number of allylic oxidation sites excluding steroid dienone is 1. The number of nitrogens with zero attached hydrogens (tertiary/aromatic N) is 1. The first-order valence-corrected chi connectivity index (χ1v) is 8.04. The lowest BCUT2D eigenvalue weighted by Crippen LogP contribution is -2.47. The van der Waals surface area contributed by atoms with E-state index in [9.17, 15) is 4.79 Å². The number of fused-ring (bicyclic) bond motifs is 2. The van der Waals surface area contributed by atoms with Gasteiger partial charge in [0.2, 0.25) is 5.91 Å². The Morgan fingerprint density at radius 1 is 1.45 bits per heavy atom. The lowest BCUT2D eigenvalue weighted by atomic mass is 9.97. The Morgan fingerprint density at radius 3 is 3.10 bits per heavy atom. The fourth-order valence-electron chi connectivity index (χ4n) is 3.77. The molecule has 0 aromatic heterocycles. The second-order valence-electron chi connectivity index (χ2n) is 5.95. The number of carbonyl (C=O) groups is 1. The van der Waals surface area contributed by atoms with Gasteiger partial charge < -0.3 is 14.4 Å². The van der Waals surface area contributed by atoms with Gasteiger partial charge in [0.15, 0.2) is 0 Å².